The highest BCUT2D eigenvalue weighted by Gasteiger charge is 2.37. The molecular weight excluding hydrogens is 727 g/mol. The van der Waals surface area contributed by atoms with Crippen molar-refractivity contribution in [3.63, 3.8) is 0 Å². The molecule has 4 aromatic rings. The number of nitrogens with one attached hydrogen (secondary N) is 2. The molecule has 2 aliphatic carbocycles. The van der Waals surface area contributed by atoms with Crippen molar-refractivity contribution in [2.24, 2.45) is 0 Å². The number of para-hydroxylation sites is 2. The van der Waals surface area contributed by atoms with Crippen molar-refractivity contribution in [1.82, 2.24) is 20.6 Å². The topological polar surface area (TPSA) is 143 Å². The van der Waals surface area contributed by atoms with Crippen LogP contribution in [-0.4, -0.2) is 61.6 Å². The Morgan fingerprint density at radius 2 is 1.30 bits per heavy atom. The zero-order chi connectivity index (χ0) is 38.1. The lowest BCUT2D eigenvalue weighted by molar-refractivity contribution is -0.138. The van der Waals surface area contributed by atoms with Crippen molar-refractivity contribution in [2.45, 2.75) is 87.9 Å². The number of halogens is 2. The second kappa shape index (κ2) is 17.4. The van der Waals surface area contributed by atoms with Gasteiger partial charge >= 0.3 is 12.2 Å². The minimum absolute atomic E-state index is 0.155. The highest BCUT2D eigenvalue weighted by molar-refractivity contribution is 6.31. The van der Waals surface area contributed by atoms with E-state index >= 15 is 0 Å². The van der Waals surface area contributed by atoms with Gasteiger partial charge in [0.15, 0.2) is 11.5 Å². The summed E-state index contributed by atoms with van der Waals surface area (Å²) in [5.41, 5.74) is 0.250. The summed E-state index contributed by atoms with van der Waals surface area (Å²) in [5, 5.41) is 28.7. The summed E-state index contributed by atoms with van der Waals surface area (Å²) in [5.74, 6) is 12.4. The van der Waals surface area contributed by atoms with Gasteiger partial charge in [0, 0.05) is 52.3 Å². The minimum atomic E-state index is -1.15. The maximum absolute atomic E-state index is 12.5. The first-order valence-corrected chi connectivity index (χ1v) is 18.5. The van der Waals surface area contributed by atoms with E-state index in [1.54, 1.807) is 42.6 Å². The third kappa shape index (κ3) is 10.7. The van der Waals surface area contributed by atoms with Crippen LogP contribution in [0.3, 0.4) is 0 Å². The number of carbonyl (C=O) groups excluding carboxylic acids is 2. The third-order valence-electron chi connectivity index (χ3n) is 9.21. The monoisotopic (exact) mass is 766 g/mol. The average molecular weight is 768 g/mol. The Labute approximate surface area is 324 Å². The first kappa shape index (κ1) is 38.6. The Hall–Kier alpha value is -5.10. The highest BCUT2D eigenvalue weighted by Crippen LogP contribution is 2.34. The molecule has 0 bridgehead atoms. The Kier molecular flexibility index (Phi) is 12.4. The first-order chi connectivity index (χ1) is 25.9. The van der Waals surface area contributed by atoms with Crippen molar-refractivity contribution in [3.05, 3.63) is 118 Å². The van der Waals surface area contributed by atoms with E-state index in [0.717, 1.165) is 42.5 Å². The van der Waals surface area contributed by atoms with Gasteiger partial charge in [-0.25, -0.2) is 4.98 Å². The Balaban J connectivity index is 0.000000185. The number of rotatable bonds is 4. The van der Waals surface area contributed by atoms with E-state index in [1.165, 1.54) is 6.20 Å². The van der Waals surface area contributed by atoms with Crippen LogP contribution < -0.4 is 20.1 Å². The standard InChI is InChI=1S/C22H20ClNO4.C20H20ClN3O2/c23-16-6-3-5-15(13-16)10-12-22(26)11-4-7-17(14-22)24-20(25)21-27-18-8-1-2-9-19(18)28-21;1-14-12-23-18(13-22-14)19(25)24-17-6-3-8-20(26,11-17)9-7-15-4-2-5-16(21)10-15/h1-3,5-6,8-9,13,17,21,26H,4,7,11,14H2,(H,24,25);2,4-5,10,12-13,17,26H,3,6,8,11H2,1H3,(H,24,25)/t17-,22+;17-,20+/m00/s1. The Morgan fingerprint density at radius 1 is 0.759 bits per heavy atom. The van der Waals surface area contributed by atoms with Crippen molar-refractivity contribution >= 4 is 35.0 Å². The number of ether oxygens (including phenoxy) is 2. The van der Waals surface area contributed by atoms with E-state index in [4.69, 9.17) is 32.7 Å². The molecule has 0 spiro atoms. The summed E-state index contributed by atoms with van der Waals surface area (Å²) in [6, 6.07) is 21.2. The zero-order valence-corrected chi connectivity index (χ0v) is 31.2. The number of carbonyl (C=O) groups is 2. The van der Waals surface area contributed by atoms with E-state index < -0.39 is 17.5 Å². The van der Waals surface area contributed by atoms with Gasteiger partial charge in [-0.05, 0) is 94.0 Å². The van der Waals surface area contributed by atoms with Crippen molar-refractivity contribution in [2.75, 3.05) is 0 Å². The van der Waals surface area contributed by atoms with Crippen LogP contribution in [0, 0.1) is 30.6 Å². The quantitative estimate of drug-likeness (QED) is 0.181. The fourth-order valence-corrected chi connectivity index (χ4v) is 6.91. The molecule has 54 heavy (non-hydrogen) atoms. The van der Waals surface area contributed by atoms with Gasteiger partial charge < -0.3 is 30.3 Å². The number of hydrogen-bond acceptors (Lipinski definition) is 8. The maximum Gasteiger partial charge on any atom is 0.321 e. The van der Waals surface area contributed by atoms with Gasteiger partial charge in [0.1, 0.15) is 16.9 Å². The molecule has 1 aliphatic heterocycles. The number of aromatic nitrogens is 2. The zero-order valence-electron chi connectivity index (χ0n) is 29.6. The molecule has 0 unspecified atom stereocenters. The van der Waals surface area contributed by atoms with Crippen LogP contribution in [0.25, 0.3) is 0 Å². The van der Waals surface area contributed by atoms with E-state index in [0.29, 0.717) is 47.2 Å². The van der Waals surface area contributed by atoms with E-state index in [2.05, 4.69) is 44.3 Å². The highest BCUT2D eigenvalue weighted by atomic mass is 35.5. The summed E-state index contributed by atoms with van der Waals surface area (Å²) in [6.45, 7) is 1.81. The number of aryl methyl sites for hydroxylation is 1. The van der Waals surface area contributed by atoms with E-state index in [9.17, 15) is 19.8 Å². The van der Waals surface area contributed by atoms with Crippen LogP contribution in [0.15, 0.2) is 85.2 Å². The summed E-state index contributed by atoms with van der Waals surface area (Å²) in [7, 11) is 0. The van der Waals surface area contributed by atoms with E-state index in [1.807, 2.05) is 43.3 Å². The molecule has 12 heteroatoms. The predicted octanol–water partition coefficient (Wildman–Crippen LogP) is 6.17. The van der Waals surface area contributed by atoms with Crippen molar-refractivity contribution < 1.29 is 29.3 Å². The molecule has 1 aromatic heterocycles. The van der Waals surface area contributed by atoms with Crippen LogP contribution in [0.1, 0.15) is 78.7 Å². The van der Waals surface area contributed by atoms with Crippen molar-refractivity contribution in [3.8, 4) is 35.2 Å². The molecule has 10 nitrogen and oxygen atoms in total. The molecule has 278 valence electrons. The first-order valence-electron chi connectivity index (χ1n) is 17.8. The van der Waals surface area contributed by atoms with Gasteiger partial charge in [-0.2, -0.15) is 0 Å². The van der Waals surface area contributed by atoms with Crippen LogP contribution >= 0.6 is 23.2 Å². The molecule has 2 amide bonds. The summed E-state index contributed by atoms with van der Waals surface area (Å²) in [4.78, 5) is 33.0. The molecular formula is C42H40Cl2N4O6. The Morgan fingerprint density at radius 3 is 1.80 bits per heavy atom. The van der Waals surface area contributed by atoms with E-state index in [-0.39, 0.29) is 29.6 Å². The second-order valence-electron chi connectivity index (χ2n) is 13.7. The number of aliphatic hydroxyl groups is 2. The SMILES string of the molecule is Cc1cnc(C(=O)N[C@H]2CCC[C@@](O)(C#Cc3cccc(Cl)c3)C2)cn1.O=C(N[C@H]1CCC[C@@](O)(C#Cc2cccc(Cl)c2)C1)C1Oc2ccccc2O1. The van der Waals surface area contributed by atoms with Crippen LogP contribution in [0.5, 0.6) is 11.5 Å². The largest absolute Gasteiger partial charge is 0.442 e. The molecule has 3 aliphatic rings. The van der Waals surface area contributed by atoms with Crippen LogP contribution in [-0.2, 0) is 4.79 Å². The lowest BCUT2D eigenvalue weighted by Crippen LogP contribution is -2.49. The summed E-state index contributed by atoms with van der Waals surface area (Å²) in [6.07, 6.45) is 7.00. The molecule has 4 atom stereocenters. The molecule has 0 saturated heterocycles. The predicted molar refractivity (Wildman–Crippen MR) is 205 cm³/mol. The van der Waals surface area contributed by atoms with Gasteiger partial charge in [0.25, 0.3) is 5.91 Å². The number of fused-ring (bicyclic) bond motifs is 1. The fraction of sp³-hybridized carbons (Fsp3) is 0.333. The number of hydrogen-bond donors (Lipinski definition) is 4. The molecule has 3 aromatic carbocycles. The van der Waals surface area contributed by atoms with Gasteiger partial charge in [-0.3, -0.25) is 14.6 Å². The average Bonchev–Trinajstić information content (AvgIpc) is 3.59. The third-order valence-corrected chi connectivity index (χ3v) is 9.68. The van der Waals surface area contributed by atoms with Gasteiger partial charge in [-0.15, -0.1) is 0 Å². The second-order valence-corrected chi connectivity index (χ2v) is 14.6. The van der Waals surface area contributed by atoms with Crippen molar-refractivity contribution in [1.29, 1.82) is 0 Å². The fourth-order valence-electron chi connectivity index (χ4n) is 6.53. The van der Waals surface area contributed by atoms with Gasteiger partial charge in [-0.1, -0.05) is 71.1 Å². The van der Waals surface area contributed by atoms with Crippen LogP contribution in [0.2, 0.25) is 10.0 Å². The lowest BCUT2D eigenvalue weighted by Gasteiger charge is -2.33. The summed E-state index contributed by atoms with van der Waals surface area (Å²) < 4.78 is 11.1. The minimum Gasteiger partial charge on any atom is -0.442 e. The molecule has 7 rings (SSSR count). The molecule has 2 heterocycles. The van der Waals surface area contributed by atoms with Gasteiger partial charge in [0.2, 0.25) is 0 Å². The maximum atomic E-state index is 12.5. The molecule has 2 saturated carbocycles. The number of amides is 2. The van der Waals surface area contributed by atoms with Gasteiger partial charge in [0.05, 0.1) is 11.9 Å². The molecule has 4 N–H and O–H groups in total. The summed E-state index contributed by atoms with van der Waals surface area (Å²) >= 11 is 11.9. The number of nitrogens with zero attached hydrogens (tertiary/aromatic N) is 2. The Bertz CT molecular complexity index is 2080. The molecule has 2 fully saturated rings. The number of benzene rings is 3. The normalized spacial score (nSPS) is 22.9. The lowest BCUT2D eigenvalue weighted by atomic mass is 9.82. The van der Waals surface area contributed by atoms with Crippen LogP contribution in [0.4, 0.5) is 0 Å². The molecule has 0 radical (unpaired) electrons. The smallest absolute Gasteiger partial charge is 0.321 e.